The van der Waals surface area contributed by atoms with Gasteiger partial charge < -0.3 is 9.67 Å². The second-order valence-corrected chi connectivity index (χ2v) is 7.03. The molecular formula is C21H22N2O. The largest absolute Gasteiger partial charge is 0.373 e. The lowest BCUT2D eigenvalue weighted by Gasteiger charge is -2.41. The van der Waals surface area contributed by atoms with Gasteiger partial charge in [0.2, 0.25) is 0 Å². The number of hydrogen-bond acceptors (Lipinski definition) is 2. The molecule has 0 unspecified atom stereocenters. The van der Waals surface area contributed by atoms with Crippen molar-refractivity contribution in [3.8, 4) is 0 Å². The quantitative estimate of drug-likeness (QED) is 0.773. The van der Waals surface area contributed by atoms with E-state index < -0.39 is 0 Å². The standard InChI is InChI=1S/C21H22N2O/c24-20-11-10-19-21-17(16-8-4-5-9-18(16)23(20)21)12-13-22(19)14-15-6-2-1-3-7-15/h1-9,19-20,24H,10-14H2/t19-,20-/m0/s1. The maximum absolute atomic E-state index is 10.6. The van der Waals surface area contributed by atoms with E-state index in [9.17, 15) is 5.11 Å². The molecule has 1 N–H and O–H groups in total. The van der Waals surface area contributed by atoms with Gasteiger partial charge in [-0.3, -0.25) is 4.90 Å². The lowest BCUT2D eigenvalue weighted by atomic mass is 9.91. The molecule has 0 radical (unpaired) electrons. The average molecular weight is 318 g/mol. The molecule has 0 spiro atoms. The van der Waals surface area contributed by atoms with Crippen LogP contribution in [0.5, 0.6) is 0 Å². The number of aliphatic hydroxyl groups is 1. The summed E-state index contributed by atoms with van der Waals surface area (Å²) >= 11 is 0. The number of aliphatic hydroxyl groups excluding tert-OH is 1. The minimum Gasteiger partial charge on any atom is -0.373 e. The summed E-state index contributed by atoms with van der Waals surface area (Å²) < 4.78 is 2.20. The van der Waals surface area contributed by atoms with E-state index in [1.807, 2.05) is 0 Å². The summed E-state index contributed by atoms with van der Waals surface area (Å²) in [6, 6.07) is 19.7. The Hall–Kier alpha value is -2.10. The number of hydrogen-bond donors (Lipinski definition) is 1. The van der Waals surface area contributed by atoms with Gasteiger partial charge in [0.15, 0.2) is 0 Å². The highest BCUT2D eigenvalue weighted by molar-refractivity contribution is 5.86. The molecule has 3 heterocycles. The van der Waals surface area contributed by atoms with Crippen molar-refractivity contribution in [2.45, 2.75) is 38.1 Å². The second kappa shape index (κ2) is 5.47. The third kappa shape index (κ3) is 2.05. The number of nitrogens with zero attached hydrogens (tertiary/aromatic N) is 2. The smallest absolute Gasteiger partial charge is 0.131 e. The Bertz CT molecular complexity index is 883. The Labute approximate surface area is 142 Å². The number of para-hydroxylation sites is 1. The van der Waals surface area contributed by atoms with Crippen molar-refractivity contribution in [2.75, 3.05) is 6.54 Å². The Balaban J connectivity index is 1.61. The zero-order valence-corrected chi connectivity index (χ0v) is 13.7. The van der Waals surface area contributed by atoms with E-state index >= 15 is 0 Å². The van der Waals surface area contributed by atoms with E-state index in [4.69, 9.17) is 0 Å². The fourth-order valence-electron chi connectivity index (χ4n) is 4.64. The third-order valence-electron chi connectivity index (χ3n) is 5.69. The molecule has 24 heavy (non-hydrogen) atoms. The summed E-state index contributed by atoms with van der Waals surface area (Å²) in [6.45, 7) is 2.08. The summed E-state index contributed by atoms with van der Waals surface area (Å²) in [6.07, 6.45) is 2.56. The van der Waals surface area contributed by atoms with Crippen LogP contribution in [0, 0.1) is 0 Å². The summed E-state index contributed by atoms with van der Waals surface area (Å²) in [5, 5.41) is 12.0. The van der Waals surface area contributed by atoms with Gasteiger partial charge in [-0.05, 0) is 36.5 Å². The molecule has 0 amide bonds. The first-order valence-corrected chi connectivity index (χ1v) is 8.90. The molecule has 3 heteroatoms. The Kier molecular flexibility index (Phi) is 3.25. The average Bonchev–Trinajstić information content (AvgIpc) is 2.96. The molecule has 1 aromatic heterocycles. The van der Waals surface area contributed by atoms with Gasteiger partial charge in [-0.15, -0.1) is 0 Å². The van der Waals surface area contributed by atoms with Gasteiger partial charge in [-0.2, -0.15) is 0 Å². The van der Waals surface area contributed by atoms with Crippen molar-refractivity contribution < 1.29 is 5.11 Å². The monoisotopic (exact) mass is 318 g/mol. The number of rotatable bonds is 2. The van der Waals surface area contributed by atoms with Crippen LogP contribution in [0.15, 0.2) is 54.6 Å². The number of fused-ring (bicyclic) bond motifs is 3. The molecule has 2 aliphatic rings. The van der Waals surface area contributed by atoms with Crippen LogP contribution in [0.3, 0.4) is 0 Å². The van der Waals surface area contributed by atoms with E-state index in [2.05, 4.69) is 64.1 Å². The normalized spacial score (nSPS) is 23.4. The van der Waals surface area contributed by atoms with Crippen molar-refractivity contribution in [1.29, 1.82) is 0 Å². The zero-order valence-electron chi connectivity index (χ0n) is 13.7. The molecule has 0 fully saturated rings. The van der Waals surface area contributed by atoms with E-state index in [0.717, 1.165) is 32.4 Å². The van der Waals surface area contributed by atoms with Crippen molar-refractivity contribution in [2.24, 2.45) is 0 Å². The predicted molar refractivity (Wildman–Crippen MR) is 95.7 cm³/mol. The van der Waals surface area contributed by atoms with Gasteiger partial charge in [0.25, 0.3) is 0 Å². The van der Waals surface area contributed by atoms with Crippen molar-refractivity contribution >= 4 is 10.9 Å². The Morgan fingerprint density at radius 1 is 0.958 bits per heavy atom. The molecule has 2 atom stereocenters. The highest BCUT2D eigenvalue weighted by Gasteiger charge is 2.37. The van der Waals surface area contributed by atoms with E-state index in [0.29, 0.717) is 6.04 Å². The first kappa shape index (κ1) is 14.3. The molecule has 3 nitrogen and oxygen atoms in total. The van der Waals surface area contributed by atoms with Gasteiger partial charge in [-0.25, -0.2) is 0 Å². The minimum atomic E-state index is -0.383. The molecule has 0 bridgehead atoms. The summed E-state index contributed by atoms with van der Waals surface area (Å²) in [5.41, 5.74) is 5.38. The zero-order chi connectivity index (χ0) is 16.1. The lowest BCUT2D eigenvalue weighted by molar-refractivity contribution is 0.0414. The third-order valence-corrected chi connectivity index (χ3v) is 5.69. The van der Waals surface area contributed by atoms with Crippen LogP contribution in [-0.2, 0) is 13.0 Å². The fraction of sp³-hybridized carbons (Fsp3) is 0.333. The highest BCUT2D eigenvalue weighted by Crippen LogP contribution is 2.45. The second-order valence-electron chi connectivity index (χ2n) is 7.03. The first-order chi connectivity index (χ1) is 11.8. The Morgan fingerprint density at radius 3 is 2.62 bits per heavy atom. The summed E-state index contributed by atoms with van der Waals surface area (Å²) in [5.74, 6) is 0. The van der Waals surface area contributed by atoms with E-state index in [1.54, 1.807) is 0 Å². The molecule has 5 rings (SSSR count). The molecule has 0 saturated heterocycles. The van der Waals surface area contributed by atoms with Crippen molar-refractivity contribution in [1.82, 2.24) is 9.47 Å². The highest BCUT2D eigenvalue weighted by atomic mass is 16.3. The number of aromatic nitrogens is 1. The minimum absolute atomic E-state index is 0.383. The van der Waals surface area contributed by atoms with Crippen LogP contribution in [0.1, 0.15) is 41.9 Å². The molecule has 3 aromatic rings. The molecular weight excluding hydrogens is 296 g/mol. The van der Waals surface area contributed by atoms with Crippen LogP contribution >= 0.6 is 0 Å². The molecule has 0 aliphatic carbocycles. The lowest BCUT2D eigenvalue weighted by Crippen LogP contribution is -2.39. The van der Waals surface area contributed by atoms with Gasteiger partial charge in [0.1, 0.15) is 6.23 Å². The van der Waals surface area contributed by atoms with Crippen molar-refractivity contribution in [3.05, 3.63) is 71.4 Å². The van der Waals surface area contributed by atoms with Crippen LogP contribution in [0.25, 0.3) is 10.9 Å². The Morgan fingerprint density at radius 2 is 1.75 bits per heavy atom. The topological polar surface area (TPSA) is 28.4 Å². The van der Waals surface area contributed by atoms with Crippen LogP contribution in [-0.4, -0.2) is 21.1 Å². The molecule has 122 valence electrons. The van der Waals surface area contributed by atoms with Gasteiger partial charge in [-0.1, -0.05) is 48.5 Å². The first-order valence-electron chi connectivity index (χ1n) is 8.90. The van der Waals surface area contributed by atoms with Crippen molar-refractivity contribution in [3.63, 3.8) is 0 Å². The van der Waals surface area contributed by atoms with Gasteiger partial charge in [0, 0.05) is 24.2 Å². The van der Waals surface area contributed by atoms with Gasteiger partial charge in [0.05, 0.1) is 11.6 Å². The molecule has 2 aromatic carbocycles. The fourth-order valence-corrected chi connectivity index (χ4v) is 4.64. The van der Waals surface area contributed by atoms with Crippen LogP contribution in [0.2, 0.25) is 0 Å². The summed E-state index contributed by atoms with van der Waals surface area (Å²) in [4.78, 5) is 2.60. The maximum atomic E-state index is 10.6. The van der Waals surface area contributed by atoms with Crippen LogP contribution in [0.4, 0.5) is 0 Å². The SMILES string of the molecule is O[C@H]1CC[C@H]2c3c(c4ccccc4n31)CCN2Cc1ccccc1. The number of benzene rings is 2. The molecule has 0 saturated carbocycles. The van der Waals surface area contributed by atoms with E-state index in [1.165, 1.54) is 27.7 Å². The van der Waals surface area contributed by atoms with Crippen LogP contribution < -0.4 is 0 Å². The predicted octanol–water partition coefficient (Wildman–Crippen LogP) is 4.03. The molecule has 2 aliphatic heterocycles. The van der Waals surface area contributed by atoms with Gasteiger partial charge >= 0.3 is 0 Å². The van der Waals surface area contributed by atoms with E-state index in [-0.39, 0.29) is 6.23 Å². The summed E-state index contributed by atoms with van der Waals surface area (Å²) in [7, 11) is 0. The maximum Gasteiger partial charge on any atom is 0.131 e.